The van der Waals surface area contributed by atoms with E-state index < -0.39 is 32.7 Å². The Balaban J connectivity index is 1.50. The van der Waals surface area contributed by atoms with Crippen LogP contribution in [0.25, 0.3) is 0 Å². The van der Waals surface area contributed by atoms with Gasteiger partial charge in [-0.05, 0) is 49.4 Å². The summed E-state index contributed by atoms with van der Waals surface area (Å²) in [4.78, 5) is 0. The van der Waals surface area contributed by atoms with Crippen molar-refractivity contribution in [2.45, 2.75) is 49.2 Å². The monoisotopic (exact) mass is 340 g/mol. The molecule has 4 aliphatic rings. The summed E-state index contributed by atoms with van der Waals surface area (Å²) in [5.74, 6) is 0.838. The van der Waals surface area contributed by atoms with E-state index in [2.05, 4.69) is 0 Å². The summed E-state index contributed by atoms with van der Waals surface area (Å²) >= 11 is 0. The minimum absolute atomic E-state index is 0.0884. The molecule has 1 spiro atoms. The lowest BCUT2D eigenvalue weighted by Gasteiger charge is -2.72. The van der Waals surface area contributed by atoms with Gasteiger partial charge < -0.3 is 14.9 Å². The first-order valence-electron chi connectivity index (χ1n) is 7.33. The number of fused-ring (bicyclic) bond motifs is 1. The second-order valence-corrected chi connectivity index (χ2v) is 9.13. The molecule has 2 bridgehead atoms. The topological polar surface area (TPSA) is 104 Å². The molecule has 4 aliphatic carbocycles. The molecule has 0 aromatic heterocycles. The van der Waals surface area contributed by atoms with Gasteiger partial charge in [0.15, 0.2) is 0 Å². The molecule has 22 heavy (non-hydrogen) atoms. The number of hydrogen-bond acceptors (Lipinski definition) is 5. The van der Waals surface area contributed by atoms with E-state index in [1.165, 1.54) is 0 Å². The van der Waals surface area contributed by atoms with Crippen molar-refractivity contribution in [2.24, 2.45) is 22.7 Å². The molecule has 4 fully saturated rings. The normalized spacial score (nSPS) is 50.2. The highest BCUT2D eigenvalue weighted by Crippen LogP contribution is 2.87. The van der Waals surface area contributed by atoms with Crippen molar-refractivity contribution in [3.05, 3.63) is 0 Å². The number of aliphatic hydroxyl groups is 2. The van der Waals surface area contributed by atoms with Gasteiger partial charge in [-0.1, -0.05) is 0 Å². The van der Waals surface area contributed by atoms with E-state index in [0.29, 0.717) is 24.7 Å². The van der Waals surface area contributed by atoms with E-state index in [1.54, 1.807) is 0 Å². The third-order valence-corrected chi connectivity index (χ3v) is 7.60. The fourth-order valence-corrected chi connectivity index (χ4v) is 6.45. The zero-order chi connectivity index (χ0) is 16.2. The minimum Gasteiger partial charge on any atom is -0.390 e. The maximum atomic E-state index is 13.3. The van der Waals surface area contributed by atoms with Crippen LogP contribution in [0.4, 0.5) is 8.78 Å². The first-order chi connectivity index (χ1) is 9.96. The maximum absolute atomic E-state index is 13.3. The van der Waals surface area contributed by atoms with Crippen LogP contribution in [0.5, 0.6) is 0 Å². The van der Waals surface area contributed by atoms with Crippen molar-refractivity contribution < 1.29 is 36.7 Å². The van der Waals surface area contributed by atoms with Gasteiger partial charge in [-0.3, -0.25) is 4.55 Å². The summed E-state index contributed by atoms with van der Waals surface area (Å²) in [7, 11) is -5.75. The molecule has 0 amide bonds. The van der Waals surface area contributed by atoms with Gasteiger partial charge in [0.1, 0.15) is 0 Å². The summed E-state index contributed by atoms with van der Waals surface area (Å²) in [6.45, 7) is -0.228. The molecule has 0 radical (unpaired) electrons. The van der Waals surface area contributed by atoms with Gasteiger partial charge in [0, 0.05) is 5.41 Å². The van der Waals surface area contributed by atoms with E-state index in [9.17, 15) is 27.4 Å². The lowest BCUT2D eigenvalue weighted by Crippen LogP contribution is -2.68. The molecule has 6 atom stereocenters. The van der Waals surface area contributed by atoms with Gasteiger partial charge in [-0.2, -0.15) is 17.2 Å². The number of ether oxygens (including phenoxy) is 1. The Morgan fingerprint density at radius 3 is 2.45 bits per heavy atom. The van der Waals surface area contributed by atoms with Crippen molar-refractivity contribution in [1.29, 1.82) is 0 Å². The summed E-state index contributed by atoms with van der Waals surface area (Å²) in [5.41, 5.74) is -1.32. The van der Waals surface area contributed by atoms with Gasteiger partial charge in [0.25, 0.3) is 0 Å². The highest BCUT2D eigenvalue weighted by Gasteiger charge is 2.83. The molecule has 6 nitrogen and oxygen atoms in total. The van der Waals surface area contributed by atoms with Gasteiger partial charge in [-0.25, -0.2) is 0 Å². The van der Waals surface area contributed by atoms with Gasteiger partial charge in [-0.15, -0.1) is 0 Å². The van der Waals surface area contributed by atoms with Crippen LogP contribution in [0, 0.1) is 22.7 Å². The van der Waals surface area contributed by atoms with Crippen LogP contribution in [0.2, 0.25) is 0 Å². The molecule has 4 rings (SSSR count). The third-order valence-electron chi connectivity index (χ3n) is 6.71. The Kier molecular flexibility index (Phi) is 2.64. The maximum Gasteiger partial charge on any atom is 0.418 e. The predicted octanol–water partition coefficient (Wildman–Crippen LogP) is 0.743. The number of alkyl halides is 2. The molecule has 4 saturated carbocycles. The standard InChI is InChI=1S/C13H18F2O6S/c14-13(15,22(18,19)20)9(16)21-6-10-2-7-1-8-3-11(17,4-10)5-12(7,8)10/h7-9,16-17H,1-6H2,(H,18,19,20). The van der Waals surface area contributed by atoms with Crippen LogP contribution >= 0.6 is 0 Å². The number of aliphatic hydroxyl groups excluding tert-OH is 1. The van der Waals surface area contributed by atoms with E-state index in [4.69, 9.17) is 9.29 Å². The van der Waals surface area contributed by atoms with Crippen LogP contribution in [0.3, 0.4) is 0 Å². The molecule has 0 aromatic rings. The van der Waals surface area contributed by atoms with E-state index in [-0.39, 0.29) is 12.0 Å². The van der Waals surface area contributed by atoms with Crippen LogP contribution in [-0.4, -0.2) is 46.9 Å². The third kappa shape index (κ3) is 1.49. The zero-order valence-electron chi connectivity index (χ0n) is 11.7. The molecular weight excluding hydrogens is 322 g/mol. The molecule has 9 heteroatoms. The van der Waals surface area contributed by atoms with E-state index in [0.717, 1.165) is 19.3 Å². The quantitative estimate of drug-likeness (QED) is 0.504. The average Bonchev–Trinajstić information content (AvgIpc) is 2.77. The molecule has 0 aliphatic heterocycles. The number of halogens is 2. The van der Waals surface area contributed by atoms with Crippen molar-refractivity contribution in [1.82, 2.24) is 0 Å². The summed E-state index contributed by atoms with van der Waals surface area (Å²) in [6, 6.07) is 0. The lowest BCUT2D eigenvalue weighted by molar-refractivity contribution is -0.294. The van der Waals surface area contributed by atoms with Gasteiger partial charge >= 0.3 is 15.4 Å². The summed E-state index contributed by atoms with van der Waals surface area (Å²) in [5, 5.41) is 15.1. The molecular formula is C13H18F2O6S. The highest BCUT2D eigenvalue weighted by atomic mass is 32.2. The Morgan fingerprint density at radius 1 is 1.27 bits per heavy atom. The smallest absolute Gasteiger partial charge is 0.390 e. The van der Waals surface area contributed by atoms with Crippen LogP contribution in [0.1, 0.15) is 32.1 Å². The summed E-state index contributed by atoms with van der Waals surface area (Å²) in [6.07, 6.45) is 0.680. The predicted molar refractivity (Wildman–Crippen MR) is 68.3 cm³/mol. The van der Waals surface area contributed by atoms with Gasteiger partial charge in [0.05, 0.1) is 12.2 Å². The highest BCUT2D eigenvalue weighted by molar-refractivity contribution is 7.86. The molecule has 0 saturated heterocycles. The summed E-state index contributed by atoms with van der Waals surface area (Å²) < 4.78 is 61.1. The molecule has 126 valence electrons. The van der Waals surface area contributed by atoms with Crippen LogP contribution in [0.15, 0.2) is 0 Å². The van der Waals surface area contributed by atoms with Gasteiger partial charge in [0.2, 0.25) is 6.29 Å². The number of rotatable bonds is 5. The Morgan fingerprint density at radius 2 is 1.91 bits per heavy atom. The SMILES string of the molecule is O=S(=O)(O)C(F)(F)C(O)OCC12CC3CC4CC(O)(C1)CC432. The van der Waals surface area contributed by atoms with Crippen LogP contribution < -0.4 is 0 Å². The fourth-order valence-electron chi connectivity index (χ4n) is 6.12. The second-order valence-electron chi connectivity index (χ2n) is 7.64. The van der Waals surface area contributed by atoms with E-state index >= 15 is 0 Å². The van der Waals surface area contributed by atoms with Crippen molar-refractivity contribution in [3.8, 4) is 0 Å². The Hall–Kier alpha value is -0.350. The van der Waals surface area contributed by atoms with Crippen molar-refractivity contribution in [3.63, 3.8) is 0 Å². The molecule has 0 aromatic carbocycles. The number of hydrogen-bond donors (Lipinski definition) is 3. The lowest BCUT2D eigenvalue weighted by atomic mass is 9.32. The molecule has 3 N–H and O–H groups in total. The first-order valence-corrected chi connectivity index (χ1v) is 8.77. The largest absolute Gasteiger partial charge is 0.418 e. The Labute approximate surface area is 126 Å². The second kappa shape index (κ2) is 3.83. The fraction of sp³-hybridized carbons (Fsp3) is 1.00. The first kappa shape index (κ1) is 15.2. The van der Waals surface area contributed by atoms with Crippen LogP contribution in [-0.2, 0) is 14.9 Å². The zero-order valence-corrected chi connectivity index (χ0v) is 12.5. The van der Waals surface area contributed by atoms with Crippen molar-refractivity contribution in [2.75, 3.05) is 6.61 Å². The molecule has 6 unspecified atom stereocenters. The van der Waals surface area contributed by atoms with Crippen molar-refractivity contribution >= 4 is 10.1 Å². The average molecular weight is 340 g/mol. The van der Waals surface area contributed by atoms with E-state index in [1.807, 2.05) is 0 Å². The molecule has 0 heterocycles. The minimum atomic E-state index is -5.75. The Bertz CT molecular complexity index is 638.